The second-order valence-corrected chi connectivity index (χ2v) is 16.4. The van der Waals surface area contributed by atoms with Crippen molar-refractivity contribution in [2.24, 2.45) is 0 Å². The smallest absolute Gasteiger partial charge is 0.178 e. The molecule has 10 rings (SSSR count). The Hall–Kier alpha value is -5.32. The summed E-state index contributed by atoms with van der Waals surface area (Å²) in [6.45, 7) is 5.59. The summed E-state index contributed by atoms with van der Waals surface area (Å²) in [6.07, 6.45) is 14.9. The van der Waals surface area contributed by atoms with Crippen molar-refractivity contribution in [3.8, 4) is 33.8 Å². The summed E-state index contributed by atoms with van der Waals surface area (Å²) in [4.78, 5) is 2.42. The quantitative estimate of drug-likeness (QED) is 0.176. The summed E-state index contributed by atoms with van der Waals surface area (Å²) in [5, 5.41) is 2.46. The number of benzene rings is 6. The molecule has 0 aromatic heterocycles. The van der Waals surface area contributed by atoms with Crippen LogP contribution in [-0.2, 0) is 15.8 Å². The van der Waals surface area contributed by atoms with E-state index in [-0.39, 0.29) is 5.41 Å². The van der Waals surface area contributed by atoms with E-state index in [1.54, 1.807) is 7.11 Å². The van der Waals surface area contributed by atoms with E-state index in [2.05, 4.69) is 139 Å². The second kappa shape index (κ2) is 14.3. The normalized spacial score (nSPS) is 20.0. The van der Waals surface area contributed by atoms with Gasteiger partial charge in [0.15, 0.2) is 5.60 Å². The van der Waals surface area contributed by atoms with Crippen molar-refractivity contribution in [1.82, 2.24) is 0 Å². The van der Waals surface area contributed by atoms with Gasteiger partial charge in [0.25, 0.3) is 0 Å². The highest BCUT2D eigenvalue weighted by Gasteiger charge is 2.48. The first kappa shape index (κ1) is 35.1. The standard InChI is InChI=1S/C52H51NO3/c1-36-34-45-46(35-44(36)37-14-8-7-9-15-37)50-43(49-48(45)42-16-10-11-17-47(42)51(49)27-12-5-3-4-6-13-28-51)26-29-52(56-50,39-20-24-41(54-2)25-21-39)38-18-22-40(23-19-38)53-30-32-55-33-31-53/h7-11,14-26,29,34-35H,3-6,12-13,27-28,30-33H2,1-2H3. The van der Waals surface area contributed by atoms with Crippen LogP contribution in [-0.4, -0.2) is 33.4 Å². The molecule has 4 aliphatic rings. The van der Waals surface area contributed by atoms with Gasteiger partial charge in [-0.05, 0) is 101 Å². The Morgan fingerprint density at radius 2 is 1.32 bits per heavy atom. The van der Waals surface area contributed by atoms with Crippen molar-refractivity contribution in [2.45, 2.75) is 69.3 Å². The molecule has 1 unspecified atom stereocenters. The van der Waals surface area contributed by atoms with Gasteiger partial charge in [-0.15, -0.1) is 0 Å². The van der Waals surface area contributed by atoms with Crippen LogP contribution < -0.4 is 14.4 Å². The zero-order chi connectivity index (χ0) is 37.7. The van der Waals surface area contributed by atoms with Crippen LogP contribution in [0.5, 0.6) is 11.5 Å². The largest absolute Gasteiger partial charge is 0.497 e. The molecule has 1 saturated heterocycles. The minimum absolute atomic E-state index is 0.0613. The number of hydrogen-bond donors (Lipinski definition) is 0. The van der Waals surface area contributed by atoms with Crippen molar-refractivity contribution < 1.29 is 14.2 Å². The first-order valence-corrected chi connectivity index (χ1v) is 20.9. The molecule has 6 aromatic carbocycles. The third kappa shape index (κ3) is 5.67. The van der Waals surface area contributed by atoms with E-state index in [1.807, 2.05) is 0 Å². The molecule has 0 radical (unpaired) electrons. The SMILES string of the molecule is COc1ccc(C2(c3ccc(N4CCOCC4)cc3)C=Cc3c4c(c5cc(C)c(-c6ccccc6)cc5c3O2)-c2ccccc2C42CCCCCCCC2)cc1. The van der Waals surface area contributed by atoms with Gasteiger partial charge < -0.3 is 19.1 Å². The Labute approximate surface area is 331 Å². The maximum atomic E-state index is 7.87. The molecule has 2 fully saturated rings. The number of methoxy groups -OCH3 is 1. The van der Waals surface area contributed by atoms with E-state index in [0.717, 1.165) is 61.8 Å². The molecule has 0 bridgehead atoms. The lowest BCUT2D eigenvalue weighted by molar-refractivity contribution is 0.122. The van der Waals surface area contributed by atoms with Crippen LogP contribution in [0.25, 0.3) is 39.1 Å². The third-order valence-electron chi connectivity index (χ3n) is 13.3. The van der Waals surface area contributed by atoms with Gasteiger partial charge in [-0.1, -0.05) is 130 Å². The van der Waals surface area contributed by atoms with Crippen LogP contribution >= 0.6 is 0 Å². The van der Waals surface area contributed by atoms with Gasteiger partial charge in [0.1, 0.15) is 11.5 Å². The highest BCUT2D eigenvalue weighted by atomic mass is 16.5. The van der Waals surface area contributed by atoms with Crippen LogP contribution in [0.1, 0.15) is 84.7 Å². The molecule has 4 nitrogen and oxygen atoms in total. The summed E-state index contributed by atoms with van der Waals surface area (Å²) in [5.74, 6) is 1.82. The fourth-order valence-corrected chi connectivity index (χ4v) is 10.5. The monoisotopic (exact) mass is 737 g/mol. The molecule has 2 aliphatic carbocycles. The Morgan fingerprint density at radius 1 is 0.661 bits per heavy atom. The first-order chi connectivity index (χ1) is 27.6. The lowest BCUT2D eigenvalue weighted by Gasteiger charge is -2.40. The summed E-state index contributed by atoms with van der Waals surface area (Å²) in [7, 11) is 1.73. The summed E-state index contributed by atoms with van der Waals surface area (Å²) in [6, 6.07) is 42.6. The van der Waals surface area contributed by atoms with Gasteiger partial charge >= 0.3 is 0 Å². The number of nitrogens with zero attached hydrogens (tertiary/aromatic N) is 1. The van der Waals surface area contributed by atoms with Gasteiger partial charge in [0, 0.05) is 46.3 Å². The summed E-state index contributed by atoms with van der Waals surface area (Å²) < 4.78 is 19.2. The van der Waals surface area contributed by atoms with Gasteiger partial charge in [-0.3, -0.25) is 0 Å². The molecule has 1 spiro atoms. The molecule has 6 aromatic rings. The van der Waals surface area contributed by atoms with Crippen LogP contribution in [0.2, 0.25) is 0 Å². The van der Waals surface area contributed by atoms with Crippen molar-refractivity contribution in [2.75, 3.05) is 38.3 Å². The molecule has 0 N–H and O–H groups in total. The van der Waals surface area contributed by atoms with Crippen molar-refractivity contribution >= 4 is 22.5 Å². The Morgan fingerprint density at radius 3 is 2.04 bits per heavy atom. The van der Waals surface area contributed by atoms with Crippen LogP contribution in [0.4, 0.5) is 5.69 Å². The number of aryl methyl sites for hydroxylation is 1. The lowest BCUT2D eigenvalue weighted by Crippen LogP contribution is -2.37. The molecule has 1 atom stereocenters. The topological polar surface area (TPSA) is 30.9 Å². The summed E-state index contributed by atoms with van der Waals surface area (Å²) >= 11 is 0. The van der Waals surface area contributed by atoms with Gasteiger partial charge in [-0.25, -0.2) is 0 Å². The fraction of sp³-hybridized carbons (Fsp3) is 0.308. The van der Waals surface area contributed by atoms with Crippen molar-refractivity contribution in [3.63, 3.8) is 0 Å². The maximum Gasteiger partial charge on any atom is 0.178 e. The second-order valence-electron chi connectivity index (χ2n) is 16.4. The molecular weight excluding hydrogens is 687 g/mol. The predicted molar refractivity (Wildman–Crippen MR) is 230 cm³/mol. The Kier molecular flexibility index (Phi) is 8.98. The molecule has 2 aliphatic heterocycles. The Bertz CT molecular complexity index is 2410. The van der Waals surface area contributed by atoms with Gasteiger partial charge in [0.2, 0.25) is 0 Å². The van der Waals surface area contributed by atoms with E-state index in [4.69, 9.17) is 14.2 Å². The molecular formula is C52H51NO3. The molecule has 2 heterocycles. The number of anilines is 1. The van der Waals surface area contributed by atoms with Gasteiger partial charge in [-0.2, -0.15) is 0 Å². The van der Waals surface area contributed by atoms with E-state index in [1.165, 1.54) is 99.5 Å². The van der Waals surface area contributed by atoms with Crippen LogP contribution in [0.3, 0.4) is 0 Å². The highest BCUT2D eigenvalue weighted by molar-refractivity contribution is 6.10. The first-order valence-electron chi connectivity index (χ1n) is 20.9. The van der Waals surface area contributed by atoms with Gasteiger partial charge in [0.05, 0.1) is 20.3 Å². The molecule has 1 saturated carbocycles. The predicted octanol–water partition coefficient (Wildman–Crippen LogP) is 12.4. The number of rotatable bonds is 5. The zero-order valence-corrected chi connectivity index (χ0v) is 32.8. The average Bonchev–Trinajstić information content (AvgIpc) is 3.61. The van der Waals surface area contributed by atoms with Crippen molar-refractivity contribution in [1.29, 1.82) is 0 Å². The van der Waals surface area contributed by atoms with E-state index < -0.39 is 5.60 Å². The molecule has 56 heavy (non-hydrogen) atoms. The highest BCUT2D eigenvalue weighted by Crippen LogP contribution is 2.62. The van der Waals surface area contributed by atoms with E-state index in [9.17, 15) is 0 Å². The van der Waals surface area contributed by atoms with Crippen LogP contribution in [0.15, 0.2) is 121 Å². The molecule has 0 amide bonds. The number of hydrogen-bond acceptors (Lipinski definition) is 4. The number of morpholine rings is 1. The Balaban J connectivity index is 1.25. The van der Waals surface area contributed by atoms with E-state index in [0.29, 0.717) is 0 Å². The minimum Gasteiger partial charge on any atom is -0.497 e. The fourth-order valence-electron chi connectivity index (χ4n) is 10.5. The third-order valence-corrected chi connectivity index (χ3v) is 13.3. The minimum atomic E-state index is -0.862. The van der Waals surface area contributed by atoms with Crippen molar-refractivity contribution in [3.05, 3.63) is 155 Å². The lowest BCUT2D eigenvalue weighted by atomic mass is 9.68. The van der Waals surface area contributed by atoms with E-state index >= 15 is 0 Å². The number of fused-ring (bicyclic) bond motifs is 10. The summed E-state index contributed by atoms with van der Waals surface area (Å²) in [5.41, 5.74) is 13.3. The molecule has 4 heteroatoms. The number of ether oxygens (including phenoxy) is 3. The zero-order valence-electron chi connectivity index (χ0n) is 32.8. The van der Waals surface area contributed by atoms with Crippen LogP contribution in [0, 0.1) is 6.92 Å². The maximum absolute atomic E-state index is 7.87. The average molecular weight is 738 g/mol. The molecule has 282 valence electrons.